The van der Waals surface area contributed by atoms with Gasteiger partial charge < -0.3 is 0 Å². The van der Waals surface area contributed by atoms with Gasteiger partial charge in [0.2, 0.25) is 0 Å². The number of hydrogen-bond donors (Lipinski definition) is 0. The molecule has 0 aliphatic heterocycles. The minimum atomic E-state index is 0.843. The Hall–Kier alpha value is -0.740. The maximum Gasteiger partial charge on any atom is 0.188 e. The molecule has 1 aromatic carbocycles. The lowest BCUT2D eigenvalue weighted by atomic mass is 10.2. The molecular formula is C11H12N2S2. The van der Waals surface area contributed by atoms with Gasteiger partial charge in [-0.3, -0.25) is 0 Å². The van der Waals surface area contributed by atoms with E-state index in [4.69, 9.17) is 0 Å². The van der Waals surface area contributed by atoms with E-state index < -0.39 is 0 Å². The first kappa shape index (κ1) is 10.8. The van der Waals surface area contributed by atoms with Crippen molar-refractivity contribution in [3.63, 3.8) is 0 Å². The lowest BCUT2D eigenvalue weighted by Gasteiger charge is -2.05. The predicted octanol–water partition coefficient (Wildman–Crippen LogP) is 3.38. The molecule has 0 saturated heterocycles. The largest absolute Gasteiger partial charge is 0.222 e. The van der Waals surface area contributed by atoms with E-state index in [-0.39, 0.29) is 0 Å². The van der Waals surface area contributed by atoms with Crippen LogP contribution in [0.15, 0.2) is 28.4 Å². The Morgan fingerprint density at radius 3 is 2.53 bits per heavy atom. The molecule has 78 valence electrons. The topological polar surface area (TPSA) is 25.8 Å². The first-order valence-corrected chi connectivity index (χ1v) is 7.06. The van der Waals surface area contributed by atoms with E-state index in [2.05, 4.69) is 35.1 Å². The number of thioether (sulfide) groups is 2. The normalized spacial score (nSPS) is 10.9. The third-order valence-electron chi connectivity index (χ3n) is 2.17. The number of nitrogens with zero attached hydrogens (tertiary/aromatic N) is 2. The van der Waals surface area contributed by atoms with Crippen LogP contribution in [0, 0.1) is 6.92 Å². The minimum absolute atomic E-state index is 0.843. The van der Waals surface area contributed by atoms with Crippen LogP contribution in [-0.4, -0.2) is 22.5 Å². The van der Waals surface area contributed by atoms with E-state index in [1.165, 1.54) is 5.56 Å². The first-order chi connectivity index (χ1) is 7.24. The lowest BCUT2D eigenvalue weighted by molar-refractivity contribution is 0.934. The summed E-state index contributed by atoms with van der Waals surface area (Å²) in [5.41, 5.74) is 2.28. The van der Waals surface area contributed by atoms with Gasteiger partial charge in [-0.05, 0) is 31.6 Å². The fraction of sp³-hybridized carbons (Fsp3) is 0.273. The van der Waals surface area contributed by atoms with Gasteiger partial charge in [-0.25, -0.2) is 9.97 Å². The summed E-state index contributed by atoms with van der Waals surface area (Å²) < 4.78 is 0. The number of rotatable bonds is 2. The zero-order chi connectivity index (χ0) is 10.8. The van der Waals surface area contributed by atoms with E-state index in [0.717, 1.165) is 21.1 Å². The summed E-state index contributed by atoms with van der Waals surface area (Å²) in [7, 11) is 0. The Balaban J connectivity index is 2.75. The van der Waals surface area contributed by atoms with Crippen LogP contribution in [0.4, 0.5) is 0 Å². The zero-order valence-electron chi connectivity index (χ0n) is 8.94. The molecule has 0 N–H and O–H groups in total. The van der Waals surface area contributed by atoms with E-state index in [1.807, 2.05) is 12.5 Å². The molecule has 4 heteroatoms. The van der Waals surface area contributed by atoms with Crippen molar-refractivity contribution in [1.29, 1.82) is 0 Å². The Bertz CT molecular complexity index is 497. The van der Waals surface area contributed by atoms with Crippen molar-refractivity contribution in [3.05, 3.63) is 23.8 Å². The summed E-state index contributed by atoms with van der Waals surface area (Å²) in [4.78, 5) is 8.98. The number of benzene rings is 1. The molecule has 0 amide bonds. The van der Waals surface area contributed by atoms with Gasteiger partial charge in [-0.2, -0.15) is 0 Å². The SMILES string of the molecule is CSc1nc(SC)c2cc(C)ccc2n1. The standard InChI is InChI=1S/C11H12N2S2/c1-7-4-5-9-8(6-7)10(14-2)13-11(12-9)15-3/h4-6H,1-3H3. The quantitative estimate of drug-likeness (QED) is 0.453. The summed E-state index contributed by atoms with van der Waals surface area (Å²) in [6, 6.07) is 6.29. The summed E-state index contributed by atoms with van der Waals surface area (Å²) in [6.07, 6.45) is 4.05. The summed E-state index contributed by atoms with van der Waals surface area (Å²) >= 11 is 3.25. The van der Waals surface area contributed by atoms with E-state index in [1.54, 1.807) is 23.5 Å². The third kappa shape index (κ3) is 2.11. The van der Waals surface area contributed by atoms with Gasteiger partial charge >= 0.3 is 0 Å². The average molecular weight is 236 g/mol. The number of aryl methyl sites for hydroxylation is 1. The van der Waals surface area contributed by atoms with Gasteiger partial charge in [0.05, 0.1) is 5.52 Å². The van der Waals surface area contributed by atoms with E-state index in [9.17, 15) is 0 Å². The Labute approximate surface area is 97.9 Å². The highest BCUT2D eigenvalue weighted by atomic mass is 32.2. The third-order valence-corrected chi connectivity index (χ3v) is 3.42. The molecule has 0 bridgehead atoms. The molecule has 0 spiro atoms. The highest BCUT2D eigenvalue weighted by molar-refractivity contribution is 7.99. The minimum Gasteiger partial charge on any atom is -0.222 e. The van der Waals surface area contributed by atoms with Crippen LogP contribution in [-0.2, 0) is 0 Å². The molecule has 2 aromatic rings. The van der Waals surface area contributed by atoms with Crippen molar-refractivity contribution < 1.29 is 0 Å². The Morgan fingerprint density at radius 1 is 1.07 bits per heavy atom. The van der Waals surface area contributed by atoms with Crippen LogP contribution in [0.3, 0.4) is 0 Å². The van der Waals surface area contributed by atoms with Crippen molar-refractivity contribution in [3.8, 4) is 0 Å². The molecule has 2 rings (SSSR count). The average Bonchev–Trinajstić information content (AvgIpc) is 2.27. The second kappa shape index (κ2) is 4.41. The number of fused-ring (bicyclic) bond motifs is 1. The molecule has 0 saturated carbocycles. The maximum absolute atomic E-state index is 4.49. The second-order valence-electron chi connectivity index (χ2n) is 3.24. The Kier molecular flexibility index (Phi) is 3.17. The van der Waals surface area contributed by atoms with Crippen LogP contribution in [0.25, 0.3) is 10.9 Å². The molecule has 2 nitrogen and oxygen atoms in total. The number of hydrogen-bond acceptors (Lipinski definition) is 4. The van der Waals surface area contributed by atoms with Crippen molar-refractivity contribution in [2.24, 2.45) is 0 Å². The first-order valence-electron chi connectivity index (χ1n) is 4.61. The van der Waals surface area contributed by atoms with Crippen LogP contribution < -0.4 is 0 Å². The molecule has 1 aromatic heterocycles. The highest BCUT2D eigenvalue weighted by Crippen LogP contribution is 2.26. The smallest absolute Gasteiger partial charge is 0.188 e. The van der Waals surface area contributed by atoms with Crippen LogP contribution >= 0.6 is 23.5 Å². The van der Waals surface area contributed by atoms with Gasteiger partial charge in [0.25, 0.3) is 0 Å². The maximum atomic E-state index is 4.49. The van der Waals surface area contributed by atoms with Gasteiger partial charge in [-0.15, -0.1) is 11.8 Å². The second-order valence-corrected chi connectivity index (χ2v) is 4.81. The highest BCUT2D eigenvalue weighted by Gasteiger charge is 2.06. The number of aromatic nitrogens is 2. The summed E-state index contributed by atoms with van der Waals surface area (Å²) in [5.74, 6) is 0. The summed E-state index contributed by atoms with van der Waals surface area (Å²) in [5, 5.41) is 3.06. The molecule has 0 atom stereocenters. The molecule has 0 aliphatic carbocycles. The predicted molar refractivity (Wildman–Crippen MR) is 67.8 cm³/mol. The Morgan fingerprint density at radius 2 is 1.87 bits per heavy atom. The molecule has 0 fully saturated rings. The molecule has 0 radical (unpaired) electrons. The molecule has 1 heterocycles. The molecule has 0 aliphatic rings. The molecule has 15 heavy (non-hydrogen) atoms. The lowest BCUT2D eigenvalue weighted by Crippen LogP contribution is -1.91. The van der Waals surface area contributed by atoms with Crippen LogP contribution in [0.2, 0.25) is 0 Å². The van der Waals surface area contributed by atoms with Gasteiger partial charge in [0, 0.05) is 5.39 Å². The van der Waals surface area contributed by atoms with Crippen molar-refractivity contribution in [1.82, 2.24) is 9.97 Å². The monoisotopic (exact) mass is 236 g/mol. The van der Waals surface area contributed by atoms with Crippen LogP contribution in [0.1, 0.15) is 5.56 Å². The van der Waals surface area contributed by atoms with E-state index >= 15 is 0 Å². The van der Waals surface area contributed by atoms with Crippen molar-refractivity contribution >= 4 is 34.4 Å². The zero-order valence-corrected chi connectivity index (χ0v) is 10.6. The van der Waals surface area contributed by atoms with Crippen molar-refractivity contribution in [2.45, 2.75) is 17.1 Å². The molecular weight excluding hydrogens is 224 g/mol. The van der Waals surface area contributed by atoms with Crippen LogP contribution in [0.5, 0.6) is 0 Å². The summed E-state index contributed by atoms with van der Waals surface area (Å²) in [6.45, 7) is 2.09. The molecule has 0 unspecified atom stereocenters. The van der Waals surface area contributed by atoms with Gasteiger partial charge in [0.1, 0.15) is 5.03 Å². The fourth-order valence-electron chi connectivity index (χ4n) is 1.44. The fourth-order valence-corrected chi connectivity index (χ4v) is 2.43. The van der Waals surface area contributed by atoms with E-state index in [0.29, 0.717) is 0 Å². The van der Waals surface area contributed by atoms with Gasteiger partial charge in [-0.1, -0.05) is 23.4 Å². The van der Waals surface area contributed by atoms with Gasteiger partial charge in [0.15, 0.2) is 5.16 Å². The van der Waals surface area contributed by atoms with Crippen molar-refractivity contribution in [2.75, 3.05) is 12.5 Å².